The predicted octanol–water partition coefficient (Wildman–Crippen LogP) is -0.443. The molecule has 1 saturated heterocycles. The van der Waals surface area contributed by atoms with Crippen molar-refractivity contribution in [3.63, 3.8) is 0 Å². The molecule has 4 N–H and O–H groups in total. The topological polar surface area (TPSA) is 121 Å². The molecule has 134 valence electrons. The molecule has 1 aromatic carbocycles. The number of hydrogen-bond acceptors (Lipinski definition) is 7. The minimum atomic E-state index is -1.35. The van der Waals surface area contributed by atoms with E-state index in [4.69, 9.17) is 9.47 Å². The van der Waals surface area contributed by atoms with Gasteiger partial charge in [0.25, 0.3) is 0 Å². The first-order valence-corrected chi connectivity index (χ1v) is 7.90. The molecule has 0 spiro atoms. The quantitative estimate of drug-likeness (QED) is 0.591. The number of ether oxygens (including phenoxy) is 2. The predicted molar refractivity (Wildman–Crippen MR) is 87.7 cm³/mol. The molecule has 2 aromatic rings. The van der Waals surface area contributed by atoms with E-state index in [0.29, 0.717) is 5.75 Å². The van der Waals surface area contributed by atoms with Gasteiger partial charge >= 0.3 is 0 Å². The van der Waals surface area contributed by atoms with Gasteiger partial charge in [-0.05, 0) is 17.5 Å². The Kier molecular flexibility index (Phi) is 5.14. The summed E-state index contributed by atoms with van der Waals surface area (Å²) < 4.78 is 11.4. The van der Waals surface area contributed by atoms with E-state index in [2.05, 4.69) is 10.3 Å². The summed E-state index contributed by atoms with van der Waals surface area (Å²) >= 11 is 0. The number of nitrogens with zero attached hydrogens (tertiary/aromatic N) is 1. The van der Waals surface area contributed by atoms with E-state index in [-0.39, 0.29) is 0 Å². The Morgan fingerprint density at radius 1 is 1.32 bits per heavy atom. The van der Waals surface area contributed by atoms with E-state index in [1.54, 1.807) is 24.5 Å². The molecule has 1 aliphatic rings. The second-order valence-electron chi connectivity index (χ2n) is 5.90. The van der Waals surface area contributed by atoms with Crippen molar-refractivity contribution in [2.24, 2.45) is 0 Å². The van der Waals surface area contributed by atoms with E-state index in [0.717, 1.165) is 10.8 Å². The van der Waals surface area contributed by atoms with Crippen LogP contribution in [0.3, 0.4) is 0 Å². The Hall–Kier alpha value is -2.26. The molecule has 1 fully saturated rings. The Bertz CT molecular complexity index is 750. The second kappa shape index (κ2) is 7.32. The largest absolute Gasteiger partial charge is 0.462 e. The smallest absolute Gasteiger partial charge is 0.223 e. The first-order chi connectivity index (χ1) is 12.0. The van der Waals surface area contributed by atoms with Crippen molar-refractivity contribution in [3.8, 4) is 5.75 Å². The number of aromatic nitrogens is 1. The molecule has 3 rings (SSSR count). The number of amides is 1. The van der Waals surface area contributed by atoms with Crippen molar-refractivity contribution >= 4 is 16.7 Å². The van der Waals surface area contributed by atoms with Crippen molar-refractivity contribution in [1.29, 1.82) is 0 Å². The van der Waals surface area contributed by atoms with Crippen LogP contribution in [-0.4, -0.2) is 63.5 Å². The molecule has 0 saturated carbocycles. The van der Waals surface area contributed by atoms with Crippen LogP contribution >= 0.6 is 0 Å². The lowest BCUT2D eigenvalue weighted by Crippen LogP contribution is -2.65. The van der Waals surface area contributed by atoms with Gasteiger partial charge in [0.2, 0.25) is 12.2 Å². The van der Waals surface area contributed by atoms with Crippen LogP contribution in [0.15, 0.2) is 36.7 Å². The van der Waals surface area contributed by atoms with Crippen LogP contribution < -0.4 is 10.1 Å². The summed E-state index contributed by atoms with van der Waals surface area (Å²) in [5, 5.41) is 33.8. The summed E-state index contributed by atoms with van der Waals surface area (Å²) in [6.45, 7) is 0.790. The Morgan fingerprint density at radius 2 is 2.12 bits per heavy atom. The van der Waals surface area contributed by atoms with Gasteiger partial charge in [-0.1, -0.05) is 12.1 Å². The zero-order valence-electron chi connectivity index (χ0n) is 13.6. The number of benzene rings is 1. The summed E-state index contributed by atoms with van der Waals surface area (Å²) in [7, 11) is 0. The summed E-state index contributed by atoms with van der Waals surface area (Å²) in [6.07, 6.45) is -1.53. The van der Waals surface area contributed by atoms with Crippen molar-refractivity contribution in [2.45, 2.75) is 37.6 Å². The molecule has 1 aromatic heterocycles. The Morgan fingerprint density at radius 3 is 2.84 bits per heavy atom. The monoisotopic (exact) mass is 348 g/mol. The fraction of sp³-hybridized carbons (Fsp3) is 0.412. The lowest BCUT2D eigenvalue weighted by molar-refractivity contribution is -0.244. The summed E-state index contributed by atoms with van der Waals surface area (Å²) in [6, 6.07) is 6.23. The van der Waals surface area contributed by atoms with Crippen molar-refractivity contribution in [3.05, 3.63) is 36.7 Å². The first-order valence-electron chi connectivity index (χ1n) is 7.90. The van der Waals surface area contributed by atoms with E-state index in [1.165, 1.54) is 6.92 Å². The molecule has 1 aliphatic heterocycles. The highest BCUT2D eigenvalue weighted by Gasteiger charge is 2.46. The third kappa shape index (κ3) is 3.57. The van der Waals surface area contributed by atoms with Crippen LogP contribution in [0.5, 0.6) is 5.75 Å². The number of carbonyl (C=O) groups excluding carboxylic acids is 1. The van der Waals surface area contributed by atoms with Gasteiger partial charge in [0, 0.05) is 24.7 Å². The van der Waals surface area contributed by atoms with Crippen LogP contribution in [0.1, 0.15) is 6.92 Å². The number of aliphatic hydroxyl groups is 3. The Labute approximate surface area is 144 Å². The lowest BCUT2D eigenvalue weighted by Gasteiger charge is -2.42. The van der Waals surface area contributed by atoms with Gasteiger partial charge in [0.1, 0.15) is 30.1 Å². The Balaban J connectivity index is 1.92. The second-order valence-corrected chi connectivity index (χ2v) is 5.90. The van der Waals surface area contributed by atoms with Crippen molar-refractivity contribution in [2.75, 3.05) is 6.61 Å². The van der Waals surface area contributed by atoms with Gasteiger partial charge in [-0.25, -0.2) is 0 Å². The molecule has 8 nitrogen and oxygen atoms in total. The molecule has 0 unspecified atom stereocenters. The molecule has 2 heterocycles. The van der Waals surface area contributed by atoms with Gasteiger partial charge < -0.3 is 30.1 Å². The molecular weight excluding hydrogens is 328 g/mol. The average molecular weight is 348 g/mol. The maximum atomic E-state index is 11.5. The highest BCUT2D eigenvalue weighted by Crippen LogP contribution is 2.29. The molecule has 0 bridgehead atoms. The summed E-state index contributed by atoms with van der Waals surface area (Å²) in [4.78, 5) is 15.5. The maximum absolute atomic E-state index is 11.5. The summed E-state index contributed by atoms with van der Waals surface area (Å²) in [5.74, 6) is 0.0433. The number of fused-ring (bicyclic) bond motifs is 1. The van der Waals surface area contributed by atoms with Crippen molar-refractivity contribution < 1.29 is 29.6 Å². The number of aliphatic hydroxyl groups excluding tert-OH is 3. The molecule has 0 aliphatic carbocycles. The number of nitrogens with one attached hydrogen (secondary N) is 1. The molecule has 25 heavy (non-hydrogen) atoms. The minimum absolute atomic E-state index is 0.407. The highest BCUT2D eigenvalue weighted by atomic mass is 16.7. The van der Waals surface area contributed by atoms with Crippen LogP contribution in [0.2, 0.25) is 0 Å². The number of pyridine rings is 1. The molecule has 1 amide bonds. The maximum Gasteiger partial charge on any atom is 0.223 e. The summed E-state index contributed by atoms with van der Waals surface area (Å²) in [5.41, 5.74) is 0. The lowest BCUT2D eigenvalue weighted by atomic mass is 9.97. The first kappa shape index (κ1) is 17.6. The van der Waals surface area contributed by atoms with Crippen LogP contribution in [0.25, 0.3) is 10.8 Å². The SMILES string of the molecule is CC(=O)N[C@@H]1[C@H](Oc2cccc3ccncc23)O[C@H](CO)[C@H](O)[C@@H]1O. The molecule has 0 radical (unpaired) electrons. The van der Waals surface area contributed by atoms with Crippen LogP contribution in [0, 0.1) is 0 Å². The minimum Gasteiger partial charge on any atom is -0.462 e. The zero-order chi connectivity index (χ0) is 18.0. The van der Waals surface area contributed by atoms with Gasteiger partial charge in [-0.3, -0.25) is 9.78 Å². The molecular formula is C17H20N2O6. The average Bonchev–Trinajstić information content (AvgIpc) is 2.61. The van der Waals surface area contributed by atoms with E-state index < -0.39 is 43.2 Å². The van der Waals surface area contributed by atoms with Gasteiger partial charge in [-0.15, -0.1) is 0 Å². The van der Waals surface area contributed by atoms with Gasteiger partial charge in [0.15, 0.2) is 0 Å². The fourth-order valence-electron chi connectivity index (χ4n) is 2.88. The fourth-order valence-corrected chi connectivity index (χ4v) is 2.88. The third-order valence-corrected chi connectivity index (χ3v) is 4.14. The number of carbonyl (C=O) groups is 1. The normalized spacial score (nSPS) is 29.4. The van der Waals surface area contributed by atoms with Gasteiger partial charge in [0.05, 0.1) is 6.61 Å². The van der Waals surface area contributed by atoms with E-state index >= 15 is 0 Å². The highest BCUT2D eigenvalue weighted by molar-refractivity contribution is 5.87. The molecule has 5 atom stereocenters. The van der Waals surface area contributed by atoms with Gasteiger partial charge in [-0.2, -0.15) is 0 Å². The van der Waals surface area contributed by atoms with Crippen LogP contribution in [0.4, 0.5) is 0 Å². The molecule has 8 heteroatoms. The number of rotatable bonds is 4. The standard InChI is InChI=1S/C17H20N2O6/c1-9(21)19-14-16(23)15(22)13(8-20)25-17(14)24-12-4-2-3-10-5-6-18-7-11(10)12/h2-7,13-17,20,22-23H,8H2,1H3,(H,19,21)/t13-,14+,15+,16-,17-/m1/s1. The van der Waals surface area contributed by atoms with Crippen LogP contribution in [-0.2, 0) is 9.53 Å². The number of hydrogen-bond donors (Lipinski definition) is 4. The zero-order valence-corrected chi connectivity index (χ0v) is 13.6. The third-order valence-electron chi connectivity index (χ3n) is 4.14. The van der Waals surface area contributed by atoms with E-state index in [1.807, 2.05) is 12.1 Å². The van der Waals surface area contributed by atoms with E-state index in [9.17, 15) is 20.1 Å². The van der Waals surface area contributed by atoms with Crippen molar-refractivity contribution in [1.82, 2.24) is 10.3 Å².